The Bertz CT molecular complexity index is 70.1. The van der Waals surface area contributed by atoms with Gasteiger partial charge >= 0.3 is 0 Å². The van der Waals surface area contributed by atoms with Crippen LogP contribution in [0.4, 0.5) is 0 Å². The highest BCUT2D eigenvalue weighted by atomic mass is 13.9. The van der Waals surface area contributed by atoms with Crippen molar-refractivity contribution in [3.8, 4) is 0 Å². The smallest absolute Gasteiger partial charge is 0.0321 e. The van der Waals surface area contributed by atoms with Gasteiger partial charge in [-0.15, -0.1) is 0 Å². The lowest BCUT2D eigenvalue weighted by atomic mass is 10.1. The molecule has 0 fully saturated rings. The molecule has 0 unspecified atom stereocenters. The molecular weight excluding hydrogens is 96.1 g/mol. The van der Waals surface area contributed by atoms with Crippen LogP contribution in [0.1, 0.15) is 33.1 Å². The Hall–Kier alpha value is -0.260. The number of allylic oxidation sites excluding steroid dienone is 2. The SMILES string of the molecule is [CH2]CCC(=CC)CC. The minimum absolute atomic E-state index is 1.04. The van der Waals surface area contributed by atoms with Crippen molar-refractivity contribution in [3.05, 3.63) is 18.6 Å². The normalized spacial score (nSPS) is 12.1. The molecule has 0 heteroatoms. The highest BCUT2D eigenvalue weighted by molar-refractivity contribution is 4.98. The summed E-state index contributed by atoms with van der Waals surface area (Å²) in [6.07, 6.45) is 5.58. The second kappa shape index (κ2) is 4.89. The fourth-order valence-corrected chi connectivity index (χ4v) is 0.752. The number of hydrogen-bond acceptors (Lipinski definition) is 0. The van der Waals surface area contributed by atoms with Crippen LogP contribution in [0, 0.1) is 6.92 Å². The molecule has 0 N–H and O–H groups in total. The molecule has 0 amide bonds. The molecule has 0 aliphatic heterocycles. The molecule has 0 aliphatic rings. The largest absolute Gasteiger partial charge is 0.0885 e. The number of rotatable bonds is 3. The zero-order chi connectivity index (χ0) is 6.41. The van der Waals surface area contributed by atoms with Gasteiger partial charge in [0.05, 0.1) is 0 Å². The first-order valence-corrected chi connectivity index (χ1v) is 3.28. The molecular formula is C8H15. The summed E-state index contributed by atoms with van der Waals surface area (Å²) in [5, 5.41) is 0. The van der Waals surface area contributed by atoms with Crippen LogP contribution in [-0.4, -0.2) is 0 Å². The zero-order valence-corrected chi connectivity index (χ0v) is 5.91. The standard InChI is InChI=1S/C8H15/c1-4-7-8(5-2)6-3/h5H,1,4,6-7H2,2-3H3. The van der Waals surface area contributed by atoms with E-state index in [2.05, 4.69) is 26.8 Å². The first kappa shape index (κ1) is 7.74. The topological polar surface area (TPSA) is 0 Å². The Morgan fingerprint density at radius 1 is 1.62 bits per heavy atom. The third-order valence-electron chi connectivity index (χ3n) is 1.36. The molecule has 0 saturated carbocycles. The molecule has 1 radical (unpaired) electrons. The monoisotopic (exact) mass is 111 g/mol. The van der Waals surface area contributed by atoms with E-state index in [9.17, 15) is 0 Å². The molecule has 0 spiro atoms. The minimum atomic E-state index is 1.04. The maximum absolute atomic E-state index is 3.78. The van der Waals surface area contributed by atoms with E-state index < -0.39 is 0 Å². The Morgan fingerprint density at radius 2 is 2.25 bits per heavy atom. The van der Waals surface area contributed by atoms with Crippen molar-refractivity contribution in [3.63, 3.8) is 0 Å². The first-order chi connectivity index (χ1) is 3.85. The van der Waals surface area contributed by atoms with Crippen LogP contribution < -0.4 is 0 Å². The van der Waals surface area contributed by atoms with E-state index in [1.807, 2.05) is 0 Å². The summed E-state index contributed by atoms with van der Waals surface area (Å²) in [4.78, 5) is 0. The van der Waals surface area contributed by atoms with Gasteiger partial charge in [-0.25, -0.2) is 0 Å². The summed E-state index contributed by atoms with van der Waals surface area (Å²) in [5.41, 5.74) is 1.53. The van der Waals surface area contributed by atoms with Gasteiger partial charge in [-0.2, -0.15) is 0 Å². The predicted octanol–water partition coefficient (Wildman–Crippen LogP) is 2.96. The Kier molecular flexibility index (Phi) is 4.73. The van der Waals surface area contributed by atoms with Gasteiger partial charge < -0.3 is 0 Å². The summed E-state index contributed by atoms with van der Waals surface area (Å²) in [6.45, 7) is 8.06. The molecule has 0 aliphatic carbocycles. The van der Waals surface area contributed by atoms with Gasteiger partial charge in [0.25, 0.3) is 0 Å². The van der Waals surface area contributed by atoms with Crippen LogP contribution >= 0.6 is 0 Å². The van der Waals surface area contributed by atoms with E-state index in [4.69, 9.17) is 0 Å². The quantitative estimate of drug-likeness (QED) is 0.491. The summed E-state index contributed by atoms with van der Waals surface area (Å²) in [5.74, 6) is 0. The Morgan fingerprint density at radius 3 is 2.38 bits per heavy atom. The van der Waals surface area contributed by atoms with Crippen LogP contribution in [0.2, 0.25) is 0 Å². The second-order valence-corrected chi connectivity index (χ2v) is 1.90. The summed E-state index contributed by atoms with van der Waals surface area (Å²) in [7, 11) is 0. The zero-order valence-electron chi connectivity index (χ0n) is 5.91. The Balaban J connectivity index is 3.38. The Labute approximate surface area is 52.6 Å². The molecule has 0 saturated heterocycles. The van der Waals surface area contributed by atoms with E-state index >= 15 is 0 Å². The molecule has 0 aromatic rings. The molecule has 0 bridgehead atoms. The molecule has 0 aromatic heterocycles. The lowest BCUT2D eigenvalue weighted by Gasteiger charge is -1.97. The van der Waals surface area contributed by atoms with E-state index in [0.717, 1.165) is 6.42 Å². The lowest BCUT2D eigenvalue weighted by Crippen LogP contribution is -1.77. The fraction of sp³-hybridized carbons (Fsp3) is 0.625. The highest BCUT2D eigenvalue weighted by Crippen LogP contribution is 2.06. The van der Waals surface area contributed by atoms with Crippen molar-refractivity contribution in [2.75, 3.05) is 0 Å². The minimum Gasteiger partial charge on any atom is -0.0885 e. The van der Waals surface area contributed by atoms with Gasteiger partial charge in [0, 0.05) is 0 Å². The van der Waals surface area contributed by atoms with Crippen molar-refractivity contribution in [2.45, 2.75) is 33.1 Å². The molecule has 0 aromatic carbocycles. The van der Waals surface area contributed by atoms with Gasteiger partial charge in [-0.1, -0.05) is 25.5 Å². The molecule has 47 valence electrons. The average molecular weight is 111 g/mol. The predicted molar refractivity (Wildman–Crippen MR) is 38.6 cm³/mol. The van der Waals surface area contributed by atoms with Crippen molar-refractivity contribution >= 4 is 0 Å². The maximum atomic E-state index is 3.78. The van der Waals surface area contributed by atoms with Crippen LogP contribution in [0.5, 0.6) is 0 Å². The van der Waals surface area contributed by atoms with Gasteiger partial charge in [0.2, 0.25) is 0 Å². The highest BCUT2D eigenvalue weighted by Gasteiger charge is 1.86. The van der Waals surface area contributed by atoms with E-state index in [0.29, 0.717) is 0 Å². The third-order valence-corrected chi connectivity index (χ3v) is 1.36. The van der Waals surface area contributed by atoms with Crippen molar-refractivity contribution in [2.24, 2.45) is 0 Å². The second-order valence-electron chi connectivity index (χ2n) is 1.90. The molecule has 0 atom stereocenters. The van der Waals surface area contributed by atoms with Crippen molar-refractivity contribution in [1.82, 2.24) is 0 Å². The molecule has 0 heterocycles. The van der Waals surface area contributed by atoms with E-state index in [-0.39, 0.29) is 0 Å². The maximum Gasteiger partial charge on any atom is -0.0321 e. The van der Waals surface area contributed by atoms with Crippen molar-refractivity contribution in [1.29, 1.82) is 0 Å². The summed E-state index contributed by atoms with van der Waals surface area (Å²) < 4.78 is 0. The lowest BCUT2D eigenvalue weighted by molar-refractivity contribution is 0.903. The molecule has 0 nitrogen and oxygen atoms in total. The molecule has 0 rings (SSSR count). The van der Waals surface area contributed by atoms with Gasteiger partial charge in [-0.3, -0.25) is 0 Å². The van der Waals surface area contributed by atoms with E-state index in [1.54, 1.807) is 0 Å². The first-order valence-electron chi connectivity index (χ1n) is 3.28. The van der Waals surface area contributed by atoms with Gasteiger partial charge in [-0.05, 0) is 26.2 Å². The molecule has 8 heavy (non-hydrogen) atoms. The summed E-state index contributed by atoms with van der Waals surface area (Å²) in [6, 6.07) is 0. The van der Waals surface area contributed by atoms with Crippen LogP contribution in [0.3, 0.4) is 0 Å². The third kappa shape index (κ3) is 2.84. The van der Waals surface area contributed by atoms with Crippen LogP contribution in [0.15, 0.2) is 11.6 Å². The van der Waals surface area contributed by atoms with E-state index in [1.165, 1.54) is 18.4 Å². The summed E-state index contributed by atoms with van der Waals surface area (Å²) >= 11 is 0. The fourth-order valence-electron chi connectivity index (χ4n) is 0.752. The number of hydrogen-bond donors (Lipinski definition) is 0. The van der Waals surface area contributed by atoms with Crippen LogP contribution in [-0.2, 0) is 0 Å². The van der Waals surface area contributed by atoms with Gasteiger partial charge in [0.1, 0.15) is 0 Å². The van der Waals surface area contributed by atoms with Gasteiger partial charge in [0.15, 0.2) is 0 Å². The van der Waals surface area contributed by atoms with Crippen molar-refractivity contribution < 1.29 is 0 Å². The average Bonchev–Trinajstić information content (AvgIpc) is 1.83. The van der Waals surface area contributed by atoms with Crippen LogP contribution in [0.25, 0.3) is 0 Å².